The highest BCUT2D eigenvalue weighted by Crippen LogP contribution is 2.34. The van der Waals surface area contributed by atoms with Gasteiger partial charge in [-0.2, -0.15) is 11.8 Å². The van der Waals surface area contributed by atoms with E-state index in [9.17, 15) is 9.90 Å². The first-order chi connectivity index (χ1) is 12.3. The number of aliphatic carboxylic acids is 1. The molecule has 0 radical (unpaired) electrons. The number of carboxylic acids is 1. The van der Waals surface area contributed by atoms with Gasteiger partial charge in [-0.25, -0.2) is 0 Å². The van der Waals surface area contributed by atoms with Crippen LogP contribution in [0.1, 0.15) is 116 Å². The fourth-order valence-corrected chi connectivity index (χ4v) is 5.40. The second-order valence-corrected chi connectivity index (χ2v) is 9.23. The SMILES string of the molecule is CCCCCCCCCCCCCCCCC(C(=O)O)C1CCCS1. The second kappa shape index (κ2) is 16.0. The van der Waals surface area contributed by atoms with E-state index in [1.165, 1.54) is 89.9 Å². The van der Waals surface area contributed by atoms with Crippen LogP contribution in [0.2, 0.25) is 0 Å². The number of rotatable bonds is 17. The minimum atomic E-state index is -0.561. The number of hydrogen-bond donors (Lipinski definition) is 1. The molecule has 1 saturated heterocycles. The highest BCUT2D eigenvalue weighted by atomic mass is 32.2. The van der Waals surface area contributed by atoms with Crippen molar-refractivity contribution in [3.63, 3.8) is 0 Å². The van der Waals surface area contributed by atoms with Crippen molar-refractivity contribution in [3.8, 4) is 0 Å². The Morgan fingerprint density at radius 2 is 1.36 bits per heavy atom. The quantitative estimate of drug-likeness (QED) is 0.270. The highest BCUT2D eigenvalue weighted by molar-refractivity contribution is 8.00. The van der Waals surface area contributed by atoms with Crippen molar-refractivity contribution in [2.45, 2.75) is 121 Å². The zero-order valence-electron chi connectivity index (χ0n) is 16.6. The summed E-state index contributed by atoms with van der Waals surface area (Å²) < 4.78 is 0. The van der Waals surface area contributed by atoms with Crippen LogP contribution in [0, 0.1) is 5.92 Å². The molecule has 0 aliphatic carbocycles. The molecule has 0 aromatic rings. The van der Waals surface area contributed by atoms with Crippen LogP contribution in [0.4, 0.5) is 0 Å². The van der Waals surface area contributed by atoms with Gasteiger partial charge >= 0.3 is 5.97 Å². The van der Waals surface area contributed by atoms with Gasteiger partial charge in [0.2, 0.25) is 0 Å². The van der Waals surface area contributed by atoms with Gasteiger partial charge in [-0.1, -0.05) is 96.8 Å². The minimum absolute atomic E-state index is 0.0928. The molecule has 0 bridgehead atoms. The Morgan fingerprint density at radius 1 is 0.880 bits per heavy atom. The van der Waals surface area contributed by atoms with E-state index in [-0.39, 0.29) is 5.92 Å². The summed E-state index contributed by atoms with van der Waals surface area (Å²) in [6, 6.07) is 0. The van der Waals surface area contributed by atoms with E-state index in [0.717, 1.165) is 25.0 Å². The van der Waals surface area contributed by atoms with Crippen molar-refractivity contribution in [1.82, 2.24) is 0 Å². The number of carboxylic acid groups (broad SMARTS) is 1. The van der Waals surface area contributed by atoms with Crippen LogP contribution in [-0.4, -0.2) is 22.1 Å². The Hall–Kier alpha value is -0.180. The number of carbonyl (C=O) groups is 1. The summed E-state index contributed by atoms with van der Waals surface area (Å²) in [7, 11) is 0. The molecule has 1 aliphatic heterocycles. The topological polar surface area (TPSA) is 37.3 Å². The molecule has 0 saturated carbocycles. The van der Waals surface area contributed by atoms with Crippen molar-refractivity contribution in [3.05, 3.63) is 0 Å². The maximum atomic E-state index is 11.4. The van der Waals surface area contributed by atoms with Crippen LogP contribution in [0.3, 0.4) is 0 Å². The van der Waals surface area contributed by atoms with Gasteiger partial charge in [0.05, 0.1) is 5.92 Å². The Morgan fingerprint density at radius 3 is 1.76 bits per heavy atom. The summed E-state index contributed by atoms with van der Waals surface area (Å²) in [5.74, 6) is 0.506. The van der Waals surface area contributed by atoms with E-state index in [2.05, 4.69) is 6.92 Å². The number of unbranched alkanes of at least 4 members (excludes halogenated alkanes) is 13. The van der Waals surface area contributed by atoms with Crippen LogP contribution in [-0.2, 0) is 4.79 Å². The van der Waals surface area contributed by atoms with Crippen LogP contribution in [0.15, 0.2) is 0 Å². The molecule has 1 rings (SSSR count). The molecule has 25 heavy (non-hydrogen) atoms. The maximum absolute atomic E-state index is 11.4. The summed E-state index contributed by atoms with van der Waals surface area (Å²) in [6.07, 6.45) is 22.2. The molecule has 1 heterocycles. The maximum Gasteiger partial charge on any atom is 0.307 e. The lowest BCUT2D eigenvalue weighted by atomic mass is 9.94. The molecule has 0 aromatic heterocycles. The standard InChI is InChI=1S/C22H42O2S/c1-2-3-4-5-6-7-8-9-10-11-12-13-14-15-17-20(22(23)24)21-18-16-19-25-21/h20-21H,2-19H2,1H3,(H,23,24). The predicted octanol–water partition coefficient (Wildman–Crippen LogP) is 7.45. The van der Waals surface area contributed by atoms with Crippen LogP contribution >= 0.6 is 11.8 Å². The molecule has 2 unspecified atom stereocenters. The van der Waals surface area contributed by atoms with Crippen molar-refractivity contribution in [2.24, 2.45) is 5.92 Å². The van der Waals surface area contributed by atoms with E-state index in [0.29, 0.717) is 5.25 Å². The third kappa shape index (κ3) is 11.9. The predicted molar refractivity (Wildman–Crippen MR) is 112 cm³/mol. The van der Waals surface area contributed by atoms with Crippen LogP contribution in [0.5, 0.6) is 0 Å². The average molecular weight is 371 g/mol. The van der Waals surface area contributed by atoms with Gasteiger partial charge in [-0.3, -0.25) is 4.79 Å². The fraction of sp³-hybridized carbons (Fsp3) is 0.955. The van der Waals surface area contributed by atoms with Crippen molar-refractivity contribution >= 4 is 17.7 Å². The molecule has 2 nitrogen and oxygen atoms in total. The monoisotopic (exact) mass is 370 g/mol. The third-order valence-corrected chi connectivity index (χ3v) is 7.12. The van der Waals surface area contributed by atoms with E-state index in [1.807, 2.05) is 11.8 Å². The summed E-state index contributed by atoms with van der Waals surface area (Å²) in [6.45, 7) is 2.28. The average Bonchev–Trinajstić information content (AvgIpc) is 3.12. The first-order valence-electron chi connectivity index (χ1n) is 11.1. The summed E-state index contributed by atoms with van der Waals surface area (Å²) in [5, 5.41) is 9.81. The number of hydrogen-bond acceptors (Lipinski definition) is 2. The van der Waals surface area contributed by atoms with Gasteiger partial charge in [-0.05, 0) is 25.0 Å². The molecule has 0 amide bonds. The lowest BCUT2D eigenvalue weighted by molar-refractivity contribution is -0.142. The zero-order chi connectivity index (χ0) is 18.2. The Kier molecular flexibility index (Phi) is 14.7. The van der Waals surface area contributed by atoms with Gasteiger partial charge in [0.1, 0.15) is 0 Å². The molecular weight excluding hydrogens is 328 g/mol. The molecule has 2 atom stereocenters. The molecule has 1 fully saturated rings. The van der Waals surface area contributed by atoms with Gasteiger partial charge in [-0.15, -0.1) is 0 Å². The van der Waals surface area contributed by atoms with Gasteiger partial charge in [0.25, 0.3) is 0 Å². The lowest BCUT2D eigenvalue weighted by Crippen LogP contribution is -2.24. The Balaban J connectivity index is 1.84. The molecule has 0 spiro atoms. The Bertz CT molecular complexity index is 313. The van der Waals surface area contributed by atoms with Crippen molar-refractivity contribution in [2.75, 3.05) is 5.75 Å². The third-order valence-electron chi connectivity index (χ3n) is 5.60. The molecule has 0 aromatic carbocycles. The highest BCUT2D eigenvalue weighted by Gasteiger charge is 2.30. The molecule has 148 valence electrons. The van der Waals surface area contributed by atoms with Crippen molar-refractivity contribution in [1.29, 1.82) is 0 Å². The first-order valence-corrected chi connectivity index (χ1v) is 12.1. The van der Waals surface area contributed by atoms with E-state index < -0.39 is 5.97 Å². The first kappa shape index (κ1) is 22.9. The van der Waals surface area contributed by atoms with Gasteiger partial charge < -0.3 is 5.11 Å². The smallest absolute Gasteiger partial charge is 0.307 e. The van der Waals surface area contributed by atoms with Gasteiger partial charge in [0, 0.05) is 5.25 Å². The largest absolute Gasteiger partial charge is 0.481 e. The zero-order valence-corrected chi connectivity index (χ0v) is 17.5. The van der Waals surface area contributed by atoms with Crippen LogP contribution < -0.4 is 0 Å². The van der Waals surface area contributed by atoms with Crippen LogP contribution in [0.25, 0.3) is 0 Å². The summed E-state index contributed by atoms with van der Waals surface area (Å²) in [5.41, 5.74) is 0. The molecule has 1 aliphatic rings. The fourth-order valence-electron chi connectivity index (χ4n) is 3.95. The normalized spacial score (nSPS) is 18.5. The van der Waals surface area contributed by atoms with E-state index in [4.69, 9.17) is 0 Å². The van der Waals surface area contributed by atoms with Gasteiger partial charge in [0.15, 0.2) is 0 Å². The lowest BCUT2D eigenvalue weighted by Gasteiger charge is -2.18. The molecular formula is C22H42O2S. The minimum Gasteiger partial charge on any atom is -0.481 e. The summed E-state index contributed by atoms with van der Waals surface area (Å²) in [4.78, 5) is 11.4. The second-order valence-electron chi connectivity index (χ2n) is 7.88. The van der Waals surface area contributed by atoms with Crippen molar-refractivity contribution < 1.29 is 9.90 Å². The van der Waals surface area contributed by atoms with E-state index >= 15 is 0 Å². The molecule has 1 N–H and O–H groups in total. The number of thioether (sulfide) groups is 1. The Labute approximate surface area is 160 Å². The molecule has 3 heteroatoms. The summed E-state index contributed by atoms with van der Waals surface area (Å²) >= 11 is 1.88. The van der Waals surface area contributed by atoms with E-state index in [1.54, 1.807) is 0 Å².